The maximum atomic E-state index is 11.9. The first-order chi connectivity index (χ1) is 15.4. The minimum atomic E-state index is -3.31. The van der Waals surface area contributed by atoms with E-state index in [2.05, 4.69) is 0 Å². The van der Waals surface area contributed by atoms with Gasteiger partial charge in [-0.25, -0.2) is 13.4 Å². The number of methoxy groups -OCH3 is 2. The third-order valence-electron chi connectivity index (χ3n) is 5.08. The molecule has 0 unspecified atom stereocenters. The molecule has 0 radical (unpaired) electrons. The van der Waals surface area contributed by atoms with E-state index in [1.807, 2.05) is 48.5 Å². The molecule has 6 nitrogen and oxygen atoms in total. The Morgan fingerprint density at radius 2 is 1.47 bits per heavy atom. The molecule has 0 aliphatic rings. The van der Waals surface area contributed by atoms with Crippen LogP contribution in [0.15, 0.2) is 82.1 Å². The molecule has 0 amide bonds. The van der Waals surface area contributed by atoms with Crippen LogP contribution in [-0.2, 0) is 16.3 Å². The molecule has 1 aromatic heterocycles. The second-order valence-electron chi connectivity index (χ2n) is 7.28. The highest BCUT2D eigenvalue weighted by Gasteiger charge is 2.24. The second kappa shape index (κ2) is 8.88. The van der Waals surface area contributed by atoms with Crippen LogP contribution in [0.1, 0.15) is 11.5 Å². The van der Waals surface area contributed by atoms with E-state index in [9.17, 15) is 8.42 Å². The zero-order valence-electron chi connectivity index (χ0n) is 18.0. The first-order valence-corrected chi connectivity index (χ1v) is 11.9. The van der Waals surface area contributed by atoms with Gasteiger partial charge >= 0.3 is 0 Å². The van der Waals surface area contributed by atoms with Gasteiger partial charge in [-0.2, -0.15) is 0 Å². The number of hydrogen-bond donors (Lipinski definition) is 0. The minimum absolute atomic E-state index is 0.238. The molecule has 7 heteroatoms. The number of nitrogens with zero attached hydrogens (tertiary/aromatic N) is 1. The molecule has 0 bridgehead atoms. The predicted octanol–water partition coefficient (Wildman–Crippen LogP) is 5.02. The van der Waals surface area contributed by atoms with E-state index in [0.717, 1.165) is 5.56 Å². The fourth-order valence-corrected chi connectivity index (χ4v) is 4.14. The fraction of sp³-hybridized carbons (Fsp3) is 0.160. The van der Waals surface area contributed by atoms with Crippen molar-refractivity contribution in [3.05, 3.63) is 84.3 Å². The molecule has 4 aromatic rings. The van der Waals surface area contributed by atoms with E-state index in [4.69, 9.17) is 18.9 Å². The minimum Gasteiger partial charge on any atom is -0.496 e. The smallest absolute Gasteiger partial charge is 0.199 e. The molecular weight excluding hydrogens is 426 g/mol. The van der Waals surface area contributed by atoms with Gasteiger partial charge in [-0.1, -0.05) is 36.4 Å². The van der Waals surface area contributed by atoms with Crippen LogP contribution in [0.2, 0.25) is 0 Å². The average Bonchev–Trinajstić information content (AvgIpc) is 3.21. The average molecular weight is 450 g/mol. The van der Waals surface area contributed by atoms with Crippen molar-refractivity contribution >= 4 is 9.84 Å². The summed E-state index contributed by atoms with van der Waals surface area (Å²) >= 11 is 0. The van der Waals surface area contributed by atoms with Crippen LogP contribution in [0.3, 0.4) is 0 Å². The van der Waals surface area contributed by atoms with Crippen LogP contribution >= 0.6 is 0 Å². The zero-order chi connectivity index (χ0) is 22.7. The fourth-order valence-electron chi connectivity index (χ4n) is 3.51. The van der Waals surface area contributed by atoms with Gasteiger partial charge in [0.1, 0.15) is 17.2 Å². The van der Waals surface area contributed by atoms with Crippen molar-refractivity contribution in [3.8, 4) is 34.1 Å². The number of ether oxygens (including phenoxy) is 2. The standard InChI is InChI=1S/C25H23NO5S/c1-29-20-10-7-11-21(30-2)23(20)24-25(18-12-14-19(15-13-18)32(3,27)28)31-22(26-24)16-17-8-5-4-6-9-17/h4-15H,16H2,1-3H3. The van der Waals surface area contributed by atoms with Crippen molar-refractivity contribution in [2.45, 2.75) is 11.3 Å². The summed E-state index contributed by atoms with van der Waals surface area (Å²) in [6, 6.07) is 22.0. The third kappa shape index (κ3) is 4.38. The maximum absolute atomic E-state index is 11.9. The molecule has 4 rings (SSSR count). The van der Waals surface area contributed by atoms with E-state index in [-0.39, 0.29) is 4.90 Å². The molecule has 0 aliphatic carbocycles. The molecule has 0 aliphatic heterocycles. The van der Waals surface area contributed by atoms with Gasteiger partial charge in [-0.3, -0.25) is 0 Å². The molecule has 32 heavy (non-hydrogen) atoms. The Kier molecular flexibility index (Phi) is 6.01. The summed E-state index contributed by atoms with van der Waals surface area (Å²) < 4.78 is 41.1. The molecule has 0 saturated heterocycles. The van der Waals surface area contributed by atoms with Gasteiger partial charge in [-0.15, -0.1) is 0 Å². The Morgan fingerprint density at radius 3 is 2.03 bits per heavy atom. The lowest BCUT2D eigenvalue weighted by Gasteiger charge is -2.12. The molecule has 0 fully saturated rings. The van der Waals surface area contributed by atoms with Gasteiger partial charge in [0, 0.05) is 18.2 Å². The number of aromatic nitrogens is 1. The van der Waals surface area contributed by atoms with E-state index in [1.165, 1.54) is 6.26 Å². The highest BCUT2D eigenvalue weighted by molar-refractivity contribution is 7.90. The number of sulfone groups is 1. The van der Waals surface area contributed by atoms with Gasteiger partial charge in [0.15, 0.2) is 21.5 Å². The molecule has 3 aromatic carbocycles. The van der Waals surface area contributed by atoms with Crippen LogP contribution in [0.4, 0.5) is 0 Å². The third-order valence-corrected chi connectivity index (χ3v) is 6.21. The molecular formula is C25H23NO5S. The van der Waals surface area contributed by atoms with E-state index in [0.29, 0.717) is 46.4 Å². The Balaban J connectivity index is 1.89. The summed E-state index contributed by atoms with van der Waals surface area (Å²) in [6.45, 7) is 0. The van der Waals surface area contributed by atoms with Gasteiger partial charge in [0.25, 0.3) is 0 Å². The monoisotopic (exact) mass is 449 g/mol. The predicted molar refractivity (Wildman–Crippen MR) is 123 cm³/mol. The van der Waals surface area contributed by atoms with Gasteiger partial charge in [0.05, 0.1) is 24.7 Å². The van der Waals surface area contributed by atoms with E-state index >= 15 is 0 Å². The summed E-state index contributed by atoms with van der Waals surface area (Å²) in [5, 5.41) is 0. The summed E-state index contributed by atoms with van der Waals surface area (Å²) in [7, 11) is -0.133. The summed E-state index contributed by atoms with van der Waals surface area (Å²) in [5.74, 6) is 2.23. The normalized spacial score (nSPS) is 11.3. The van der Waals surface area contributed by atoms with Crippen LogP contribution in [0.25, 0.3) is 22.6 Å². The topological polar surface area (TPSA) is 78.6 Å². The first-order valence-electron chi connectivity index (χ1n) is 9.96. The van der Waals surface area contributed by atoms with E-state index < -0.39 is 9.84 Å². The molecule has 0 spiro atoms. The number of oxazole rings is 1. The summed E-state index contributed by atoms with van der Waals surface area (Å²) in [6.07, 6.45) is 1.69. The lowest BCUT2D eigenvalue weighted by molar-refractivity contribution is 0.397. The largest absolute Gasteiger partial charge is 0.496 e. The van der Waals surface area contributed by atoms with Crippen LogP contribution < -0.4 is 9.47 Å². The Labute approximate surface area is 187 Å². The maximum Gasteiger partial charge on any atom is 0.199 e. The van der Waals surface area contributed by atoms with E-state index in [1.54, 1.807) is 38.5 Å². The first kappa shape index (κ1) is 21.6. The van der Waals surface area contributed by atoms with Crippen molar-refractivity contribution in [2.24, 2.45) is 0 Å². The van der Waals surface area contributed by atoms with Crippen molar-refractivity contribution < 1.29 is 22.3 Å². The number of benzene rings is 3. The van der Waals surface area contributed by atoms with Crippen molar-refractivity contribution in [2.75, 3.05) is 20.5 Å². The Bertz CT molecular complexity index is 1300. The highest BCUT2D eigenvalue weighted by Crippen LogP contribution is 2.43. The van der Waals surface area contributed by atoms with Crippen LogP contribution in [0.5, 0.6) is 11.5 Å². The zero-order valence-corrected chi connectivity index (χ0v) is 18.8. The molecule has 0 saturated carbocycles. The number of rotatable bonds is 7. The lowest BCUT2D eigenvalue weighted by Crippen LogP contribution is -1.97. The van der Waals surface area contributed by atoms with Crippen LogP contribution in [0, 0.1) is 0 Å². The van der Waals surface area contributed by atoms with Gasteiger partial charge in [0.2, 0.25) is 0 Å². The molecule has 1 heterocycles. The quantitative estimate of drug-likeness (QED) is 0.394. The molecule has 0 atom stereocenters. The second-order valence-corrected chi connectivity index (χ2v) is 9.30. The van der Waals surface area contributed by atoms with Gasteiger partial charge in [-0.05, 0) is 42.0 Å². The highest BCUT2D eigenvalue weighted by atomic mass is 32.2. The Hall–Kier alpha value is -3.58. The van der Waals surface area contributed by atoms with Gasteiger partial charge < -0.3 is 13.9 Å². The van der Waals surface area contributed by atoms with Crippen LogP contribution in [-0.4, -0.2) is 33.9 Å². The van der Waals surface area contributed by atoms with Crippen molar-refractivity contribution in [3.63, 3.8) is 0 Å². The summed E-state index contributed by atoms with van der Waals surface area (Å²) in [5.41, 5.74) is 3.00. The van der Waals surface area contributed by atoms with Crippen molar-refractivity contribution in [1.29, 1.82) is 0 Å². The lowest BCUT2D eigenvalue weighted by atomic mass is 10.0. The van der Waals surface area contributed by atoms with Crippen molar-refractivity contribution in [1.82, 2.24) is 4.98 Å². The Morgan fingerprint density at radius 1 is 0.844 bits per heavy atom. The number of hydrogen-bond acceptors (Lipinski definition) is 6. The SMILES string of the molecule is COc1cccc(OC)c1-c1nc(Cc2ccccc2)oc1-c1ccc(S(C)(=O)=O)cc1. The summed E-state index contributed by atoms with van der Waals surface area (Å²) in [4.78, 5) is 5.03. The molecule has 164 valence electrons. The molecule has 0 N–H and O–H groups in total.